The summed E-state index contributed by atoms with van der Waals surface area (Å²) in [6.45, 7) is 9.29. The maximum atomic E-state index is 13.5. The van der Waals surface area contributed by atoms with Gasteiger partial charge in [0.15, 0.2) is 0 Å². The predicted octanol–water partition coefficient (Wildman–Crippen LogP) is 5.18. The predicted molar refractivity (Wildman–Crippen MR) is 117 cm³/mol. The molecule has 0 amide bonds. The molecule has 31 heavy (non-hydrogen) atoms. The number of ether oxygens (including phenoxy) is 2. The van der Waals surface area contributed by atoms with E-state index in [9.17, 15) is 9.59 Å². The van der Waals surface area contributed by atoms with Crippen molar-refractivity contribution in [3.05, 3.63) is 0 Å². The third-order valence-electron chi connectivity index (χ3n) is 11.9. The molecule has 7 rings (SSSR count). The lowest BCUT2D eigenvalue weighted by molar-refractivity contribution is -0.317. The van der Waals surface area contributed by atoms with E-state index in [-0.39, 0.29) is 39.8 Å². The van der Waals surface area contributed by atoms with E-state index in [0.717, 1.165) is 38.5 Å². The molecule has 172 valence electrons. The highest BCUT2D eigenvalue weighted by Crippen LogP contribution is 2.77. The zero-order valence-corrected chi connectivity index (χ0v) is 20.0. The van der Waals surface area contributed by atoms with Crippen molar-refractivity contribution in [3.8, 4) is 0 Å². The number of hydrogen-bond acceptors (Lipinski definition) is 4. The Bertz CT molecular complexity index is 833. The number of hydrogen-bond donors (Lipinski definition) is 0. The minimum absolute atomic E-state index is 0.0134. The first-order valence-electron chi connectivity index (χ1n) is 12.9. The van der Waals surface area contributed by atoms with Gasteiger partial charge in [0.25, 0.3) is 0 Å². The highest BCUT2D eigenvalue weighted by molar-refractivity contribution is 5.84. The van der Waals surface area contributed by atoms with Crippen LogP contribution in [0, 0.1) is 51.8 Å². The first kappa shape index (κ1) is 20.7. The maximum absolute atomic E-state index is 13.5. The van der Waals surface area contributed by atoms with Crippen molar-refractivity contribution in [2.24, 2.45) is 51.8 Å². The topological polar surface area (TPSA) is 52.6 Å². The highest BCUT2D eigenvalue weighted by Gasteiger charge is 2.75. The number of carbonyl (C=O) groups is 2. The standard InChI is InChI=1S/C27H40O4/c1-24(2)16-14-27-12-9-19-25(3,10-6-11-26(19,4)23(29)30-5)20(27)13-15(16)21-18(31-24)8-7-17(28)22(21)27/h15-16,18-22H,6-14H2,1-5H3/t15-,16?,18-,19+,20+,21-,22+,25-,26+,27-/m0/s1. The Hall–Kier alpha value is -0.900. The Balaban J connectivity index is 1.46. The number of esters is 1. The van der Waals surface area contributed by atoms with Crippen LogP contribution in [-0.2, 0) is 19.1 Å². The summed E-state index contributed by atoms with van der Waals surface area (Å²) >= 11 is 0. The first-order chi connectivity index (χ1) is 14.6. The number of carbonyl (C=O) groups excluding carboxylic acids is 2. The van der Waals surface area contributed by atoms with Crippen molar-refractivity contribution in [3.63, 3.8) is 0 Å². The second-order valence-corrected chi connectivity index (χ2v) is 13.2. The van der Waals surface area contributed by atoms with E-state index in [1.807, 2.05) is 0 Å². The van der Waals surface area contributed by atoms with Crippen LogP contribution in [-0.4, -0.2) is 30.6 Å². The summed E-state index contributed by atoms with van der Waals surface area (Å²) in [6, 6.07) is 0. The minimum atomic E-state index is -0.378. The van der Waals surface area contributed by atoms with Crippen LogP contribution in [0.1, 0.15) is 85.5 Å². The molecule has 4 heteroatoms. The molecule has 6 aliphatic carbocycles. The third-order valence-corrected chi connectivity index (χ3v) is 11.9. The van der Waals surface area contributed by atoms with E-state index in [4.69, 9.17) is 9.47 Å². The molecular formula is C27H40O4. The van der Waals surface area contributed by atoms with Gasteiger partial charge >= 0.3 is 5.97 Å². The molecule has 7 fully saturated rings. The molecule has 4 bridgehead atoms. The molecule has 1 aliphatic heterocycles. The van der Waals surface area contributed by atoms with Crippen LogP contribution >= 0.6 is 0 Å². The summed E-state index contributed by atoms with van der Waals surface area (Å²) in [7, 11) is 1.55. The Morgan fingerprint density at radius 2 is 1.84 bits per heavy atom. The minimum Gasteiger partial charge on any atom is -0.469 e. The van der Waals surface area contributed by atoms with Gasteiger partial charge in [-0.05, 0) is 106 Å². The normalized spacial score (nSPS) is 56.4. The van der Waals surface area contributed by atoms with Crippen LogP contribution in [0.25, 0.3) is 0 Å². The largest absolute Gasteiger partial charge is 0.469 e. The van der Waals surface area contributed by atoms with E-state index in [2.05, 4.69) is 27.7 Å². The van der Waals surface area contributed by atoms with Gasteiger partial charge in [-0.3, -0.25) is 9.59 Å². The maximum Gasteiger partial charge on any atom is 0.311 e. The van der Waals surface area contributed by atoms with Gasteiger partial charge in [0.1, 0.15) is 5.78 Å². The van der Waals surface area contributed by atoms with Gasteiger partial charge in [-0.2, -0.15) is 0 Å². The quantitative estimate of drug-likeness (QED) is 0.540. The zero-order chi connectivity index (χ0) is 22.0. The van der Waals surface area contributed by atoms with Crippen molar-refractivity contribution in [2.75, 3.05) is 7.11 Å². The molecule has 7 aliphatic rings. The Morgan fingerprint density at radius 3 is 2.58 bits per heavy atom. The summed E-state index contributed by atoms with van der Waals surface area (Å²) in [6.07, 6.45) is 9.72. The van der Waals surface area contributed by atoms with Gasteiger partial charge in [-0.1, -0.05) is 13.3 Å². The molecule has 10 atom stereocenters. The molecular weight excluding hydrogens is 388 g/mol. The van der Waals surface area contributed by atoms with Crippen LogP contribution in [0.4, 0.5) is 0 Å². The molecule has 0 aromatic heterocycles. The third kappa shape index (κ3) is 2.31. The van der Waals surface area contributed by atoms with E-state index in [1.165, 1.54) is 12.8 Å². The molecule has 1 saturated heterocycles. The van der Waals surface area contributed by atoms with Crippen LogP contribution in [0.15, 0.2) is 0 Å². The van der Waals surface area contributed by atoms with Gasteiger partial charge in [0.2, 0.25) is 0 Å². The lowest BCUT2D eigenvalue weighted by Crippen LogP contribution is -2.74. The summed E-state index contributed by atoms with van der Waals surface area (Å²) in [5.74, 6) is 3.27. The molecule has 1 spiro atoms. The van der Waals surface area contributed by atoms with Crippen molar-refractivity contribution in [1.82, 2.24) is 0 Å². The molecule has 0 aromatic carbocycles. The van der Waals surface area contributed by atoms with Gasteiger partial charge in [0.05, 0.1) is 24.2 Å². The lowest BCUT2D eigenvalue weighted by Gasteiger charge is -2.76. The molecule has 0 N–H and O–H groups in total. The summed E-state index contributed by atoms with van der Waals surface area (Å²) in [4.78, 5) is 26.5. The fourth-order valence-corrected chi connectivity index (χ4v) is 11.0. The van der Waals surface area contributed by atoms with Crippen molar-refractivity contribution in [2.45, 2.75) is 97.2 Å². The monoisotopic (exact) mass is 428 g/mol. The van der Waals surface area contributed by atoms with Crippen LogP contribution in [0.5, 0.6) is 0 Å². The molecule has 1 unspecified atom stereocenters. The fourth-order valence-electron chi connectivity index (χ4n) is 11.0. The number of ketones is 1. The highest BCUT2D eigenvalue weighted by atomic mass is 16.5. The van der Waals surface area contributed by atoms with Crippen molar-refractivity contribution < 1.29 is 19.1 Å². The second-order valence-electron chi connectivity index (χ2n) is 13.2. The summed E-state index contributed by atoms with van der Waals surface area (Å²) < 4.78 is 12.0. The van der Waals surface area contributed by atoms with Gasteiger partial charge in [-0.15, -0.1) is 0 Å². The Kier molecular flexibility index (Phi) is 4.11. The fraction of sp³-hybridized carbons (Fsp3) is 0.926. The lowest BCUT2D eigenvalue weighted by atomic mass is 9.30. The van der Waals surface area contributed by atoms with E-state index < -0.39 is 0 Å². The summed E-state index contributed by atoms with van der Waals surface area (Å²) in [5, 5.41) is 0. The number of fused-ring (bicyclic) bond motifs is 1. The van der Waals surface area contributed by atoms with Gasteiger partial charge in [-0.25, -0.2) is 0 Å². The number of methoxy groups -OCH3 is 1. The van der Waals surface area contributed by atoms with Crippen LogP contribution < -0.4 is 0 Å². The van der Waals surface area contributed by atoms with E-state index in [0.29, 0.717) is 41.8 Å². The molecule has 0 aromatic rings. The Morgan fingerprint density at radius 1 is 1.06 bits per heavy atom. The Labute approximate surface area is 187 Å². The number of Topliss-reactive ketones (excluding diaryl/α,β-unsaturated/α-hetero) is 1. The smallest absolute Gasteiger partial charge is 0.311 e. The van der Waals surface area contributed by atoms with Crippen molar-refractivity contribution >= 4 is 11.8 Å². The van der Waals surface area contributed by atoms with Gasteiger partial charge in [0, 0.05) is 12.3 Å². The number of rotatable bonds is 1. The summed E-state index contributed by atoms with van der Waals surface area (Å²) in [5.41, 5.74) is -0.205. The van der Waals surface area contributed by atoms with Crippen LogP contribution in [0.3, 0.4) is 0 Å². The molecule has 4 nitrogen and oxygen atoms in total. The zero-order valence-electron chi connectivity index (χ0n) is 20.0. The van der Waals surface area contributed by atoms with Gasteiger partial charge < -0.3 is 9.47 Å². The van der Waals surface area contributed by atoms with E-state index >= 15 is 0 Å². The average Bonchev–Trinajstić information content (AvgIpc) is 2.73. The molecule has 0 radical (unpaired) electrons. The van der Waals surface area contributed by atoms with Crippen molar-refractivity contribution in [1.29, 1.82) is 0 Å². The van der Waals surface area contributed by atoms with E-state index in [1.54, 1.807) is 7.11 Å². The van der Waals surface area contributed by atoms with Crippen LogP contribution in [0.2, 0.25) is 0 Å². The second kappa shape index (κ2) is 6.15. The molecule has 1 heterocycles. The average molecular weight is 429 g/mol. The first-order valence-corrected chi connectivity index (χ1v) is 12.9. The molecule has 6 saturated carbocycles. The SMILES string of the molecule is COC(=O)[C@]1(C)CCC[C@]2(C)[C@H]3C[C@H]4C5C[C@]3(CC[C@H]21)[C@@H]1C(=O)CC[C@H](OC5(C)C)[C@@H]14.